The molecule has 0 spiro atoms. The Hall–Kier alpha value is -1.59. The lowest BCUT2D eigenvalue weighted by molar-refractivity contribution is 0.0860. The Morgan fingerprint density at radius 1 is 0.893 bits per heavy atom. The van der Waals surface area contributed by atoms with Crippen LogP contribution in [0, 0.1) is 0 Å². The maximum atomic E-state index is 12.8. The molecule has 1 aromatic carbocycles. The number of nitrogens with one attached hydrogen (secondary N) is 1. The molecule has 1 aromatic rings. The summed E-state index contributed by atoms with van der Waals surface area (Å²) < 4.78 is 5.42. The Morgan fingerprint density at radius 3 is 2.32 bits per heavy atom. The second-order valence-corrected chi connectivity index (χ2v) is 8.60. The monoisotopic (exact) mass is 385 g/mol. The third-order valence-corrected chi connectivity index (χ3v) is 6.63. The number of piperidine rings is 1. The van der Waals surface area contributed by atoms with E-state index in [2.05, 4.69) is 27.2 Å². The molecule has 4 rings (SSSR count). The lowest BCUT2D eigenvalue weighted by atomic mass is 9.99. The van der Waals surface area contributed by atoms with Crippen LogP contribution in [0.3, 0.4) is 0 Å². The fourth-order valence-electron chi connectivity index (χ4n) is 4.99. The number of ether oxygens (including phenoxy) is 1. The average Bonchev–Trinajstić information content (AvgIpc) is 3.04. The fourth-order valence-corrected chi connectivity index (χ4v) is 4.99. The van der Waals surface area contributed by atoms with E-state index in [1.54, 1.807) is 0 Å². The summed E-state index contributed by atoms with van der Waals surface area (Å²) in [7, 11) is 0. The maximum absolute atomic E-state index is 12.8. The van der Waals surface area contributed by atoms with E-state index in [1.807, 2.05) is 12.1 Å². The van der Waals surface area contributed by atoms with Crippen molar-refractivity contribution in [2.45, 2.75) is 63.5 Å². The van der Waals surface area contributed by atoms with Crippen LogP contribution in [0.1, 0.15) is 61.7 Å². The van der Waals surface area contributed by atoms with Gasteiger partial charge in [0.05, 0.1) is 13.2 Å². The Bertz CT molecular complexity index is 619. The molecule has 2 heterocycles. The zero-order valence-corrected chi connectivity index (χ0v) is 17.1. The van der Waals surface area contributed by atoms with Crippen molar-refractivity contribution in [1.82, 2.24) is 10.2 Å². The van der Waals surface area contributed by atoms with Crippen LogP contribution in [-0.4, -0.2) is 62.3 Å². The first-order valence-corrected chi connectivity index (χ1v) is 11.3. The highest BCUT2D eigenvalue weighted by Gasteiger charge is 2.27. The van der Waals surface area contributed by atoms with Crippen molar-refractivity contribution in [3.8, 4) is 0 Å². The first-order chi connectivity index (χ1) is 13.8. The van der Waals surface area contributed by atoms with Crippen LogP contribution in [0.4, 0.5) is 5.69 Å². The summed E-state index contributed by atoms with van der Waals surface area (Å²) in [6, 6.07) is 9.08. The van der Waals surface area contributed by atoms with E-state index in [1.165, 1.54) is 57.2 Å². The van der Waals surface area contributed by atoms with Crippen molar-refractivity contribution in [1.29, 1.82) is 0 Å². The third-order valence-electron chi connectivity index (χ3n) is 6.63. The summed E-state index contributed by atoms with van der Waals surface area (Å²) in [6.45, 7) is 5.62. The van der Waals surface area contributed by atoms with Crippen LogP contribution in [-0.2, 0) is 4.74 Å². The van der Waals surface area contributed by atoms with Crippen LogP contribution in [0.2, 0.25) is 0 Å². The molecule has 5 nitrogen and oxygen atoms in total. The molecule has 1 amide bonds. The third kappa shape index (κ3) is 5.06. The van der Waals surface area contributed by atoms with Crippen LogP contribution in [0.25, 0.3) is 0 Å². The molecule has 28 heavy (non-hydrogen) atoms. The van der Waals surface area contributed by atoms with E-state index in [9.17, 15) is 4.79 Å². The van der Waals surface area contributed by atoms with E-state index in [0.717, 1.165) is 50.9 Å². The second kappa shape index (κ2) is 9.75. The Kier molecular flexibility index (Phi) is 6.86. The lowest BCUT2D eigenvalue weighted by Gasteiger charge is -2.38. The van der Waals surface area contributed by atoms with Gasteiger partial charge >= 0.3 is 0 Å². The summed E-state index contributed by atoms with van der Waals surface area (Å²) in [5.74, 6) is 0.0706. The molecule has 0 aromatic heterocycles. The molecule has 3 aliphatic rings. The lowest BCUT2D eigenvalue weighted by Crippen LogP contribution is -2.50. The molecule has 2 aliphatic heterocycles. The topological polar surface area (TPSA) is 44.8 Å². The quantitative estimate of drug-likeness (QED) is 0.807. The van der Waals surface area contributed by atoms with Crippen molar-refractivity contribution < 1.29 is 9.53 Å². The van der Waals surface area contributed by atoms with Gasteiger partial charge in [-0.1, -0.05) is 25.7 Å². The molecule has 1 N–H and O–H groups in total. The average molecular weight is 386 g/mol. The molecule has 3 fully saturated rings. The van der Waals surface area contributed by atoms with E-state index in [-0.39, 0.29) is 11.9 Å². The normalized spacial score (nSPS) is 25.3. The standard InChI is InChI=1S/C23H35N3O2/c27-23(19-9-11-22(12-10-19)25-14-16-28-17-15-25)24-20-6-5-13-26(18-20)21-7-3-1-2-4-8-21/h9-12,20-21H,1-8,13-18H2,(H,24,27)/t20-/m1/s1. The molecular weight excluding hydrogens is 350 g/mol. The van der Waals surface area contributed by atoms with Gasteiger partial charge in [0, 0.05) is 43.0 Å². The number of hydrogen-bond donors (Lipinski definition) is 1. The number of nitrogens with zero attached hydrogens (tertiary/aromatic N) is 2. The Morgan fingerprint density at radius 2 is 1.61 bits per heavy atom. The number of amides is 1. The SMILES string of the molecule is O=C(N[C@@H]1CCCN(C2CCCCCC2)C1)c1ccc(N2CCOCC2)cc1. The van der Waals surface area contributed by atoms with Crippen molar-refractivity contribution in [3.63, 3.8) is 0 Å². The molecule has 2 saturated heterocycles. The number of carbonyl (C=O) groups is 1. The summed E-state index contributed by atoms with van der Waals surface area (Å²) in [5.41, 5.74) is 1.95. The van der Waals surface area contributed by atoms with Crippen LogP contribution < -0.4 is 10.2 Å². The smallest absolute Gasteiger partial charge is 0.251 e. The van der Waals surface area contributed by atoms with Crippen molar-refractivity contribution in [3.05, 3.63) is 29.8 Å². The van der Waals surface area contributed by atoms with Gasteiger partial charge in [-0.15, -0.1) is 0 Å². The number of benzene rings is 1. The minimum absolute atomic E-state index is 0.0706. The molecule has 0 radical (unpaired) electrons. The summed E-state index contributed by atoms with van der Waals surface area (Å²) in [6.07, 6.45) is 10.5. The first-order valence-electron chi connectivity index (χ1n) is 11.3. The highest BCUT2D eigenvalue weighted by atomic mass is 16.5. The van der Waals surface area contributed by atoms with Gasteiger partial charge in [0.15, 0.2) is 0 Å². The van der Waals surface area contributed by atoms with Crippen molar-refractivity contribution >= 4 is 11.6 Å². The summed E-state index contributed by atoms with van der Waals surface area (Å²) in [5, 5.41) is 3.30. The first kappa shape index (κ1) is 19.7. The number of carbonyl (C=O) groups excluding carboxylic acids is 1. The predicted octanol–water partition coefficient (Wildman–Crippen LogP) is 3.44. The zero-order valence-electron chi connectivity index (χ0n) is 17.1. The van der Waals surface area contributed by atoms with Crippen LogP contribution in [0.15, 0.2) is 24.3 Å². The predicted molar refractivity (Wildman–Crippen MR) is 113 cm³/mol. The zero-order chi connectivity index (χ0) is 19.2. The minimum Gasteiger partial charge on any atom is -0.378 e. The van der Waals surface area contributed by atoms with Gasteiger partial charge < -0.3 is 15.0 Å². The molecule has 1 aliphatic carbocycles. The van der Waals surface area contributed by atoms with E-state index >= 15 is 0 Å². The van der Waals surface area contributed by atoms with Crippen LogP contribution in [0.5, 0.6) is 0 Å². The molecule has 1 saturated carbocycles. The number of morpholine rings is 1. The Labute approximate surface area is 169 Å². The van der Waals surface area contributed by atoms with Gasteiger partial charge in [0.1, 0.15) is 0 Å². The number of anilines is 1. The Balaban J connectivity index is 1.31. The van der Waals surface area contributed by atoms with Gasteiger partial charge in [-0.25, -0.2) is 0 Å². The number of likely N-dealkylation sites (tertiary alicyclic amines) is 1. The molecule has 5 heteroatoms. The minimum atomic E-state index is 0.0706. The largest absolute Gasteiger partial charge is 0.378 e. The van der Waals surface area contributed by atoms with Gasteiger partial charge in [0.25, 0.3) is 5.91 Å². The molecule has 154 valence electrons. The highest BCUT2D eigenvalue weighted by Crippen LogP contribution is 2.25. The van der Waals surface area contributed by atoms with Crippen molar-refractivity contribution in [2.75, 3.05) is 44.3 Å². The summed E-state index contributed by atoms with van der Waals surface area (Å²) in [4.78, 5) is 17.7. The molecule has 0 bridgehead atoms. The molecular formula is C23H35N3O2. The van der Waals surface area contributed by atoms with E-state index in [0.29, 0.717) is 0 Å². The molecule has 0 unspecified atom stereocenters. The number of rotatable bonds is 4. The van der Waals surface area contributed by atoms with Gasteiger partial charge in [-0.05, 0) is 56.5 Å². The highest BCUT2D eigenvalue weighted by molar-refractivity contribution is 5.94. The van der Waals surface area contributed by atoms with Crippen LogP contribution >= 0.6 is 0 Å². The van der Waals surface area contributed by atoms with E-state index < -0.39 is 0 Å². The fraction of sp³-hybridized carbons (Fsp3) is 0.696. The van der Waals surface area contributed by atoms with Gasteiger partial charge in [0.2, 0.25) is 0 Å². The molecule has 1 atom stereocenters. The van der Waals surface area contributed by atoms with E-state index in [4.69, 9.17) is 4.74 Å². The number of hydrogen-bond acceptors (Lipinski definition) is 4. The van der Waals surface area contributed by atoms with Gasteiger partial charge in [-0.3, -0.25) is 9.69 Å². The van der Waals surface area contributed by atoms with Crippen molar-refractivity contribution in [2.24, 2.45) is 0 Å². The summed E-state index contributed by atoms with van der Waals surface area (Å²) >= 11 is 0. The van der Waals surface area contributed by atoms with Gasteiger partial charge in [-0.2, -0.15) is 0 Å². The second-order valence-electron chi connectivity index (χ2n) is 8.60. The maximum Gasteiger partial charge on any atom is 0.251 e.